The minimum absolute atomic E-state index is 0.0818. The van der Waals surface area contributed by atoms with Gasteiger partial charge in [-0.1, -0.05) is 301 Å². The van der Waals surface area contributed by atoms with Gasteiger partial charge in [0.2, 0.25) is 0 Å². The van der Waals surface area contributed by atoms with Crippen LogP contribution in [0.5, 0.6) is 0 Å². The van der Waals surface area contributed by atoms with Crippen molar-refractivity contribution in [2.45, 2.75) is 38.5 Å². The van der Waals surface area contributed by atoms with Gasteiger partial charge in [0.25, 0.3) is 0 Å². The molecule has 18 rings (SSSR count). The van der Waals surface area contributed by atoms with Crippen LogP contribution in [0.25, 0.3) is 156 Å². The maximum Gasteiger partial charge on any atom is 0.164 e. The molecule has 14 aromatic carbocycles. The number of aromatic nitrogens is 6. The summed E-state index contributed by atoms with van der Waals surface area (Å²) in [6.45, 7) is 9.42. The molecule has 6 nitrogen and oxygen atoms in total. The summed E-state index contributed by atoms with van der Waals surface area (Å²) in [6.07, 6.45) is 0. The van der Waals surface area contributed by atoms with Crippen molar-refractivity contribution in [1.29, 1.82) is 0 Å². The largest absolute Gasteiger partial charge is 0.208 e. The first-order valence-corrected chi connectivity index (χ1v) is 32.2. The Kier molecular flexibility index (Phi) is 13.4. The second kappa shape index (κ2) is 22.5. The topological polar surface area (TPSA) is 77.3 Å². The molecule has 444 valence electrons. The number of nitrogens with zero attached hydrogens (tertiary/aromatic N) is 6. The second-order valence-electron chi connectivity index (χ2n) is 25.7. The summed E-state index contributed by atoms with van der Waals surface area (Å²) in [5, 5.41) is 9.67. The van der Waals surface area contributed by atoms with Gasteiger partial charge in [0.15, 0.2) is 34.9 Å². The molecule has 0 radical (unpaired) electrons. The van der Waals surface area contributed by atoms with Crippen LogP contribution < -0.4 is 0 Å². The number of fused-ring (bicyclic) bond motifs is 12. The normalized spacial score (nSPS) is 13.1. The van der Waals surface area contributed by atoms with E-state index in [1.54, 1.807) is 0 Å². The van der Waals surface area contributed by atoms with Gasteiger partial charge in [0.05, 0.1) is 0 Å². The molecule has 0 spiro atoms. The third kappa shape index (κ3) is 9.56. The number of benzene rings is 14. The molecule has 2 aliphatic carbocycles. The lowest BCUT2D eigenvalue weighted by Crippen LogP contribution is -2.15. The highest BCUT2D eigenvalue weighted by molar-refractivity contribution is 6.07. The van der Waals surface area contributed by atoms with Crippen LogP contribution in [0.15, 0.2) is 303 Å². The van der Waals surface area contributed by atoms with Crippen molar-refractivity contribution < 1.29 is 0 Å². The van der Waals surface area contributed by atoms with Gasteiger partial charge in [0, 0.05) is 44.2 Å². The van der Waals surface area contributed by atoms with Crippen LogP contribution in [0.4, 0.5) is 0 Å². The van der Waals surface area contributed by atoms with Gasteiger partial charge >= 0.3 is 0 Å². The Morgan fingerprint density at radius 2 is 0.543 bits per heavy atom. The van der Waals surface area contributed by atoms with Gasteiger partial charge in [-0.05, 0) is 140 Å². The lowest BCUT2D eigenvalue weighted by atomic mass is 9.79. The SMILES string of the molecule is CC1(C)c2ccccc2-c2ccc3ccc(-c4cc(-c5nc(-c6ccccc6)nc(-c6ccccc6)n5)c5ccccc5c4)cc3c21.CC1(C)c2ccccc2-c2ccc3ccc(-c4ccc(-c5nc(-c6ccccc6)nc(-c6ccccc6)n5)c5ccccc45)cc3c21. The van der Waals surface area contributed by atoms with Gasteiger partial charge in [-0.25, -0.2) is 29.9 Å². The van der Waals surface area contributed by atoms with Crippen LogP contribution in [0.3, 0.4) is 0 Å². The predicted octanol–water partition coefficient (Wildman–Crippen LogP) is 22.3. The molecule has 0 aliphatic heterocycles. The average molecular weight is 1200 g/mol. The molecule has 0 bridgehead atoms. The van der Waals surface area contributed by atoms with Crippen molar-refractivity contribution >= 4 is 43.1 Å². The van der Waals surface area contributed by atoms with E-state index in [-0.39, 0.29) is 10.8 Å². The van der Waals surface area contributed by atoms with E-state index in [2.05, 4.69) is 234 Å². The molecule has 94 heavy (non-hydrogen) atoms. The lowest BCUT2D eigenvalue weighted by molar-refractivity contribution is 0.666. The van der Waals surface area contributed by atoms with Gasteiger partial charge in [-0.15, -0.1) is 0 Å². The first-order chi connectivity index (χ1) is 46.1. The first-order valence-electron chi connectivity index (χ1n) is 32.2. The van der Waals surface area contributed by atoms with Gasteiger partial charge < -0.3 is 0 Å². The molecule has 0 saturated heterocycles. The van der Waals surface area contributed by atoms with Crippen LogP contribution in [0, 0.1) is 0 Å². The zero-order valence-electron chi connectivity index (χ0n) is 52.6. The third-order valence-electron chi connectivity index (χ3n) is 19.4. The molecule has 2 aliphatic rings. The third-order valence-corrected chi connectivity index (χ3v) is 19.4. The standard InChI is InChI=1S/2C44H31N3/c1-44(2)39-20-12-11-19-35(39)36-24-23-28-21-22-31(26-37(28)40(36)44)33-25-32-17-9-10-18-34(32)38(27-33)43-46-41(29-13-5-3-6-14-29)45-42(47-43)30-15-7-4-8-16-30;1-44(2)39-20-12-11-19-35(39)36-24-23-28-21-22-31(27-38(28)40(36)44)32-25-26-37(34-18-10-9-17-33(32)34)43-46-41(29-13-5-3-6-14-29)45-42(47-43)30-15-7-4-8-16-30/h2*3-27H,1-2H3. The Hall–Kier alpha value is -11.9. The highest BCUT2D eigenvalue weighted by atomic mass is 15.0. The molecule has 2 aromatic heterocycles. The summed E-state index contributed by atoms with van der Waals surface area (Å²) in [5.41, 5.74) is 21.3. The predicted molar refractivity (Wildman–Crippen MR) is 388 cm³/mol. The quantitative estimate of drug-likeness (QED) is 0.151. The van der Waals surface area contributed by atoms with Gasteiger partial charge in [0.1, 0.15) is 0 Å². The van der Waals surface area contributed by atoms with E-state index in [1.807, 2.05) is 97.1 Å². The summed E-state index contributed by atoms with van der Waals surface area (Å²) >= 11 is 0. The fourth-order valence-electron chi connectivity index (χ4n) is 14.8. The Bertz CT molecular complexity index is 5550. The molecule has 0 saturated carbocycles. The van der Waals surface area contributed by atoms with Crippen molar-refractivity contribution in [3.8, 4) is 113 Å². The van der Waals surface area contributed by atoms with Crippen LogP contribution in [0.2, 0.25) is 0 Å². The van der Waals surface area contributed by atoms with E-state index in [4.69, 9.17) is 29.9 Å². The summed E-state index contributed by atoms with van der Waals surface area (Å²) in [7, 11) is 0. The lowest BCUT2D eigenvalue weighted by Gasteiger charge is -2.23. The van der Waals surface area contributed by atoms with E-state index >= 15 is 0 Å². The van der Waals surface area contributed by atoms with Crippen LogP contribution >= 0.6 is 0 Å². The van der Waals surface area contributed by atoms with Crippen molar-refractivity contribution in [3.05, 3.63) is 326 Å². The van der Waals surface area contributed by atoms with Gasteiger partial charge in [-0.2, -0.15) is 0 Å². The fourth-order valence-corrected chi connectivity index (χ4v) is 14.8. The molecular weight excluding hydrogens is 1140 g/mol. The van der Waals surface area contributed by atoms with Crippen LogP contribution in [0.1, 0.15) is 49.9 Å². The minimum Gasteiger partial charge on any atom is -0.208 e. The Balaban J connectivity index is 0.000000143. The zero-order chi connectivity index (χ0) is 63.1. The van der Waals surface area contributed by atoms with E-state index < -0.39 is 0 Å². The zero-order valence-corrected chi connectivity index (χ0v) is 52.6. The van der Waals surface area contributed by atoms with E-state index in [1.165, 1.54) is 88.1 Å². The summed E-state index contributed by atoms with van der Waals surface area (Å²) in [6, 6.07) is 107. The Labute approximate surface area is 546 Å². The maximum absolute atomic E-state index is 5.10. The summed E-state index contributed by atoms with van der Waals surface area (Å²) in [5.74, 6) is 3.97. The van der Waals surface area contributed by atoms with Crippen LogP contribution in [-0.4, -0.2) is 29.9 Å². The molecule has 0 atom stereocenters. The number of hydrogen-bond acceptors (Lipinski definition) is 6. The van der Waals surface area contributed by atoms with E-state index in [0.29, 0.717) is 34.9 Å². The maximum atomic E-state index is 5.10. The highest BCUT2D eigenvalue weighted by Crippen LogP contribution is 2.54. The Morgan fingerprint density at radius 1 is 0.191 bits per heavy atom. The van der Waals surface area contributed by atoms with Gasteiger partial charge in [-0.3, -0.25) is 0 Å². The molecule has 0 N–H and O–H groups in total. The molecule has 0 unspecified atom stereocenters. The second-order valence-corrected chi connectivity index (χ2v) is 25.7. The molecule has 6 heteroatoms. The molecule has 2 heterocycles. The summed E-state index contributed by atoms with van der Waals surface area (Å²) in [4.78, 5) is 30.1. The first kappa shape index (κ1) is 56.1. The van der Waals surface area contributed by atoms with Crippen LogP contribution in [-0.2, 0) is 10.8 Å². The molecule has 0 fully saturated rings. The average Bonchev–Trinajstić information content (AvgIpc) is 1.55. The number of rotatable bonds is 8. The summed E-state index contributed by atoms with van der Waals surface area (Å²) < 4.78 is 0. The minimum atomic E-state index is -0.0921. The molecule has 16 aromatic rings. The van der Waals surface area contributed by atoms with E-state index in [0.717, 1.165) is 55.1 Å². The van der Waals surface area contributed by atoms with E-state index in [9.17, 15) is 0 Å². The smallest absolute Gasteiger partial charge is 0.164 e. The van der Waals surface area contributed by atoms with Crippen molar-refractivity contribution in [3.63, 3.8) is 0 Å². The monoisotopic (exact) mass is 1200 g/mol. The fraction of sp³-hybridized carbons (Fsp3) is 0.0682. The number of hydrogen-bond donors (Lipinski definition) is 0. The van der Waals surface area contributed by atoms with Crippen molar-refractivity contribution in [2.24, 2.45) is 0 Å². The Morgan fingerprint density at radius 3 is 1.03 bits per heavy atom. The van der Waals surface area contributed by atoms with Crippen molar-refractivity contribution in [2.75, 3.05) is 0 Å². The van der Waals surface area contributed by atoms with Crippen molar-refractivity contribution in [1.82, 2.24) is 29.9 Å². The molecular formula is C88H62N6. The highest BCUT2D eigenvalue weighted by Gasteiger charge is 2.38. The molecule has 0 amide bonds.